The van der Waals surface area contributed by atoms with Gasteiger partial charge in [0.1, 0.15) is 0 Å². The summed E-state index contributed by atoms with van der Waals surface area (Å²) in [4.78, 5) is 19.5. The lowest BCUT2D eigenvalue weighted by molar-refractivity contribution is 0.0697. The summed E-state index contributed by atoms with van der Waals surface area (Å²) in [5.41, 5.74) is 2.74. The number of fused-ring (bicyclic) bond motifs is 1. The third-order valence-electron chi connectivity index (χ3n) is 2.93. The molecule has 3 rings (SSSR count). The molecule has 0 bridgehead atoms. The number of pyridine rings is 1. The summed E-state index contributed by atoms with van der Waals surface area (Å²) in [6, 6.07) is 10.6. The van der Waals surface area contributed by atoms with Gasteiger partial charge in [-0.15, -0.1) is 0 Å². The Morgan fingerprint density at radius 1 is 1.21 bits per heavy atom. The molecule has 0 amide bonds. The molecular formula is C14H11N3O2. The van der Waals surface area contributed by atoms with Crippen LogP contribution >= 0.6 is 0 Å². The van der Waals surface area contributed by atoms with Gasteiger partial charge in [0.25, 0.3) is 0 Å². The van der Waals surface area contributed by atoms with Gasteiger partial charge in [-0.25, -0.2) is 9.78 Å². The van der Waals surface area contributed by atoms with Crippen molar-refractivity contribution in [2.45, 2.75) is 6.54 Å². The zero-order chi connectivity index (χ0) is 13.2. The number of rotatable bonds is 3. The van der Waals surface area contributed by atoms with Gasteiger partial charge in [0, 0.05) is 6.20 Å². The van der Waals surface area contributed by atoms with Gasteiger partial charge in [-0.05, 0) is 30.3 Å². The Balaban J connectivity index is 2.04. The molecule has 0 fully saturated rings. The van der Waals surface area contributed by atoms with E-state index in [2.05, 4.69) is 9.97 Å². The molecule has 0 radical (unpaired) electrons. The lowest BCUT2D eigenvalue weighted by Gasteiger charge is -2.04. The number of carboxylic acids is 1. The van der Waals surface area contributed by atoms with Crippen LogP contribution in [0.15, 0.2) is 48.9 Å². The maximum absolute atomic E-state index is 11.0. The second-order valence-corrected chi connectivity index (χ2v) is 4.20. The Labute approximate surface area is 109 Å². The lowest BCUT2D eigenvalue weighted by Crippen LogP contribution is -2.01. The zero-order valence-corrected chi connectivity index (χ0v) is 10.0. The van der Waals surface area contributed by atoms with Gasteiger partial charge in [-0.2, -0.15) is 0 Å². The minimum atomic E-state index is -0.938. The van der Waals surface area contributed by atoms with E-state index in [1.165, 1.54) is 0 Å². The first kappa shape index (κ1) is 11.4. The van der Waals surface area contributed by atoms with Crippen LogP contribution in [-0.2, 0) is 6.54 Å². The predicted molar refractivity (Wildman–Crippen MR) is 70.0 cm³/mol. The highest BCUT2D eigenvalue weighted by Crippen LogP contribution is 2.16. The van der Waals surface area contributed by atoms with Gasteiger partial charge >= 0.3 is 5.97 Å². The second kappa shape index (κ2) is 4.53. The molecule has 0 aliphatic rings. The summed E-state index contributed by atoms with van der Waals surface area (Å²) < 4.78 is 1.89. The average Bonchev–Trinajstić information content (AvgIpc) is 2.82. The molecule has 1 aromatic carbocycles. The Hall–Kier alpha value is -2.69. The van der Waals surface area contributed by atoms with Crippen LogP contribution in [-0.4, -0.2) is 25.6 Å². The number of benzene rings is 1. The molecule has 5 nitrogen and oxygen atoms in total. The van der Waals surface area contributed by atoms with Crippen molar-refractivity contribution < 1.29 is 9.90 Å². The van der Waals surface area contributed by atoms with Gasteiger partial charge in [0.2, 0.25) is 0 Å². The quantitative estimate of drug-likeness (QED) is 0.776. The molecular weight excluding hydrogens is 242 g/mol. The molecule has 0 unspecified atom stereocenters. The smallest absolute Gasteiger partial charge is 0.335 e. The van der Waals surface area contributed by atoms with Crippen LogP contribution in [0.1, 0.15) is 16.1 Å². The van der Waals surface area contributed by atoms with Gasteiger partial charge in [0.15, 0.2) is 0 Å². The monoisotopic (exact) mass is 253 g/mol. The first-order valence-electron chi connectivity index (χ1n) is 5.82. The van der Waals surface area contributed by atoms with Gasteiger partial charge < -0.3 is 9.67 Å². The van der Waals surface area contributed by atoms with E-state index in [1.807, 2.05) is 22.8 Å². The van der Waals surface area contributed by atoms with Crippen molar-refractivity contribution in [1.29, 1.82) is 0 Å². The van der Waals surface area contributed by atoms with Crippen molar-refractivity contribution in [3.05, 3.63) is 60.2 Å². The van der Waals surface area contributed by atoms with E-state index in [-0.39, 0.29) is 5.56 Å². The molecule has 94 valence electrons. The summed E-state index contributed by atoms with van der Waals surface area (Å²) in [6.07, 6.45) is 3.43. The predicted octanol–water partition coefficient (Wildman–Crippen LogP) is 2.18. The van der Waals surface area contributed by atoms with Crippen LogP contribution in [0.25, 0.3) is 11.0 Å². The summed E-state index contributed by atoms with van der Waals surface area (Å²) in [5, 5.41) is 9.02. The molecule has 0 spiro atoms. The fourth-order valence-electron chi connectivity index (χ4n) is 1.98. The number of aromatic nitrogens is 3. The van der Waals surface area contributed by atoms with E-state index < -0.39 is 5.97 Å². The van der Waals surface area contributed by atoms with Gasteiger partial charge in [0.05, 0.1) is 35.2 Å². The molecule has 0 atom stereocenters. The molecule has 1 N–H and O–H groups in total. The summed E-state index contributed by atoms with van der Waals surface area (Å²) >= 11 is 0. The Morgan fingerprint density at radius 2 is 2.11 bits per heavy atom. The first-order chi connectivity index (χ1) is 9.24. The number of carboxylic acid groups (broad SMARTS) is 1. The SMILES string of the molecule is O=C(O)c1ccc2ncn(Cc3ccccn3)c2c1. The Morgan fingerprint density at radius 3 is 2.84 bits per heavy atom. The average molecular weight is 253 g/mol. The van der Waals surface area contributed by atoms with Crippen LogP contribution in [0, 0.1) is 0 Å². The first-order valence-corrected chi connectivity index (χ1v) is 5.82. The number of aromatic carboxylic acids is 1. The van der Waals surface area contributed by atoms with Crippen LogP contribution in [0.4, 0.5) is 0 Å². The van der Waals surface area contributed by atoms with Gasteiger partial charge in [-0.1, -0.05) is 6.07 Å². The molecule has 3 aromatic rings. The number of hydrogen-bond donors (Lipinski definition) is 1. The van der Waals surface area contributed by atoms with E-state index in [4.69, 9.17) is 5.11 Å². The Kier molecular flexibility index (Phi) is 2.72. The van der Waals surface area contributed by atoms with E-state index in [0.717, 1.165) is 16.7 Å². The molecule has 0 aliphatic carbocycles. The van der Waals surface area contributed by atoms with E-state index >= 15 is 0 Å². The van der Waals surface area contributed by atoms with E-state index in [1.54, 1.807) is 30.7 Å². The lowest BCUT2D eigenvalue weighted by atomic mass is 10.2. The fraction of sp³-hybridized carbons (Fsp3) is 0.0714. The minimum absolute atomic E-state index is 0.260. The molecule has 2 heterocycles. The zero-order valence-electron chi connectivity index (χ0n) is 10.0. The second-order valence-electron chi connectivity index (χ2n) is 4.20. The van der Waals surface area contributed by atoms with Gasteiger partial charge in [-0.3, -0.25) is 4.98 Å². The van der Waals surface area contributed by atoms with Crippen molar-refractivity contribution in [2.24, 2.45) is 0 Å². The maximum Gasteiger partial charge on any atom is 0.335 e. The number of imidazole rings is 1. The van der Waals surface area contributed by atoms with E-state index in [9.17, 15) is 4.79 Å². The number of hydrogen-bond acceptors (Lipinski definition) is 3. The highest BCUT2D eigenvalue weighted by molar-refractivity contribution is 5.92. The van der Waals surface area contributed by atoms with Crippen LogP contribution in [0.5, 0.6) is 0 Å². The molecule has 0 saturated heterocycles. The number of carbonyl (C=O) groups is 1. The van der Waals surface area contributed by atoms with Crippen LogP contribution < -0.4 is 0 Å². The third-order valence-corrected chi connectivity index (χ3v) is 2.93. The highest BCUT2D eigenvalue weighted by Gasteiger charge is 2.08. The summed E-state index contributed by atoms with van der Waals surface area (Å²) in [5.74, 6) is -0.938. The minimum Gasteiger partial charge on any atom is -0.478 e. The molecule has 0 saturated carbocycles. The molecule has 0 aliphatic heterocycles. The van der Waals surface area contributed by atoms with E-state index in [0.29, 0.717) is 6.54 Å². The summed E-state index contributed by atoms with van der Waals surface area (Å²) in [6.45, 7) is 0.570. The largest absolute Gasteiger partial charge is 0.478 e. The van der Waals surface area contributed by atoms with Crippen LogP contribution in [0.2, 0.25) is 0 Å². The van der Waals surface area contributed by atoms with Crippen molar-refractivity contribution in [1.82, 2.24) is 14.5 Å². The maximum atomic E-state index is 11.0. The van der Waals surface area contributed by atoms with Crippen LogP contribution in [0.3, 0.4) is 0 Å². The standard InChI is InChI=1S/C14H11N3O2/c18-14(19)10-4-5-12-13(7-10)17(9-16-12)8-11-3-1-2-6-15-11/h1-7,9H,8H2,(H,18,19). The third kappa shape index (κ3) is 2.18. The van der Waals surface area contributed by atoms with Crippen molar-refractivity contribution >= 4 is 17.0 Å². The summed E-state index contributed by atoms with van der Waals surface area (Å²) in [7, 11) is 0. The molecule has 5 heteroatoms. The molecule has 2 aromatic heterocycles. The highest BCUT2D eigenvalue weighted by atomic mass is 16.4. The van der Waals surface area contributed by atoms with Crippen molar-refractivity contribution in [3.8, 4) is 0 Å². The number of nitrogens with zero attached hydrogens (tertiary/aromatic N) is 3. The fourth-order valence-corrected chi connectivity index (χ4v) is 1.98. The normalized spacial score (nSPS) is 10.7. The van der Waals surface area contributed by atoms with Crippen molar-refractivity contribution in [2.75, 3.05) is 0 Å². The van der Waals surface area contributed by atoms with Crippen molar-refractivity contribution in [3.63, 3.8) is 0 Å². The molecule has 19 heavy (non-hydrogen) atoms. The Bertz CT molecular complexity index is 735. The topological polar surface area (TPSA) is 68.0 Å².